The third kappa shape index (κ3) is 1.42. The van der Waals surface area contributed by atoms with Crippen LogP contribution in [0.25, 0.3) is 0 Å². The highest BCUT2D eigenvalue weighted by Crippen LogP contribution is 2.49. The van der Waals surface area contributed by atoms with Crippen molar-refractivity contribution in [1.29, 1.82) is 0 Å². The van der Waals surface area contributed by atoms with Crippen LogP contribution < -0.4 is 10.2 Å². The zero-order chi connectivity index (χ0) is 14.6. The molecular formula is C12H20NO5-. The zero-order valence-corrected chi connectivity index (χ0v) is 11.7. The van der Waals surface area contributed by atoms with Crippen LogP contribution in [0.15, 0.2) is 0 Å². The average Bonchev–Trinajstić information content (AvgIpc) is 2.33. The van der Waals surface area contributed by atoms with Crippen molar-refractivity contribution in [2.24, 2.45) is 0 Å². The molecule has 1 fully saturated rings. The van der Waals surface area contributed by atoms with Crippen LogP contribution in [-0.4, -0.2) is 40.0 Å². The summed E-state index contributed by atoms with van der Waals surface area (Å²) < 4.78 is 4.61. The van der Waals surface area contributed by atoms with Gasteiger partial charge in [0.05, 0.1) is 5.54 Å². The fourth-order valence-electron chi connectivity index (χ4n) is 3.54. The minimum absolute atomic E-state index is 0.229. The summed E-state index contributed by atoms with van der Waals surface area (Å²) in [6.45, 7) is 9.18. The van der Waals surface area contributed by atoms with Crippen molar-refractivity contribution in [2.75, 3.05) is 6.61 Å². The predicted molar refractivity (Wildman–Crippen MR) is 58.9 cm³/mol. The molecular weight excluding hydrogens is 238 g/mol. The number of carboxylic acids is 1. The highest BCUT2D eigenvalue weighted by molar-refractivity contribution is 5.78. The third-order valence-electron chi connectivity index (χ3n) is 3.97. The minimum atomic E-state index is -1.69. The molecule has 6 heteroatoms. The van der Waals surface area contributed by atoms with E-state index in [0.717, 1.165) is 0 Å². The van der Waals surface area contributed by atoms with Gasteiger partial charge < -0.3 is 24.5 Å². The van der Waals surface area contributed by atoms with Gasteiger partial charge >= 0.3 is 0 Å². The molecule has 0 aliphatic carbocycles. The van der Waals surface area contributed by atoms with Gasteiger partial charge in [-0.2, -0.15) is 0 Å². The van der Waals surface area contributed by atoms with Crippen molar-refractivity contribution in [2.45, 2.75) is 58.3 Å². The molecule has 0 spiro atoms. The number of quaternary nitrogens is 1. The Morgan fingerprint density at radius 2 is 1.61 bits per heavy atom. The minimum Gasteiger partial charge on any atom is -0.544 e. The van der Waals surface area contributed by atoms with Gasteiger partial charge in [0.15, 0.2) is 5.54 Å². The van der Waals surface area contributed by atoms with Crippen molar-refractivity contribution in [3.05, 3.63) is 0 Å². The van der Waals surface area contributed by atoms with Crippen molar-refractivity contribution in [3.63, 3.8) is 0 Å². The van der Waals surface area contributed by atoms with Crippen molar-refractivity contribution in [3.8, 4) is 0 Å². The monoisotopic (exact) mass is 258 g/mol. The second kappa shape index (κ2) is 3.68. The SMILES string of the molecule is CC(C)(C)[N@@+]1(C(=O)[O-])C(C)(C)OCC1(C)C(=O)[O-]. The molecule has 0 aromatic carbocycles. The lowest BCUT2D eigenvalue weighted by Crippen LogP contribution is -2.83. The van der Waals surface area contributed by atoms with Crippen LogP contribution in [-0.2, 0) is 9.53 Å². The van der Waals surface area contributed by atoms with Crippen LogP contribution in [0.3, 0.4) is 0 Å². The summed E-state index contributed by atoms with van der Waals surface area (Å²) in [6.07, 6.45) is -1.48. The van der Waals surface area contributed by atoms with E-state index in [1.807, 2.05) is 0 Å². The smallest absolute Gasteiger partial charge is 0.261 e. The van der Waals surface area contributed by atoms with Crippen LogP contribution in [0.1, 0.15) is 41.5 Å². The third-order valence-corrected chi connectivity index (χ3v) is 3.97. The molecule has 0 bridgehead atoms. The summed E-state index contributed by atoms with van der Waals surface area (Å²) in [6, 6.07) is 0. The number of hydrogen-bond donors (Lipinski definition) is 0. The number of amides is 1. The van der Waals surface area contributed by atoms with E-state index in [2.05, 4.69) is 0 Å². The molecule has 1 amide bonds. The lowest BCUT2D eigenvalue weighted by atomic mass is 9.87. The fraction of sp³-hybridized carbons (Fsp3) is 0.833. The highest BCUT2D eigenvalue weighted by atomic mass is 16.6. The van der Waals surface area contributed by atoms with Gasteiger partial charge in [-0.1, -0.05) is 0 Å². The van der Waals surface area contributed by atoms with E-state index < -0.39 is 33.3 Å². The van der Waals surface area contributed by atoms with Crippen molar-refractivity contribution in [1.82, 2.24) is 0 Å². The second-order valence-electron chi connectivity index (χ2n) is 6.40. The Kier molecular flexibility index (Phi) is 3.05. The van der Waals surface area contributed by atoms with Crippen LogP contribution in [0.5, 0.6) is 0 Å². The number of carbonyl (C=O) groups is 2. The topological polar surface area (TPSA) is 89.5 Å². The molecule has 6 nitrogen and oxygen atoms in total. The summed E-state index contributed by atoms with van der Waals surface area (Å²) in [5.41, 5.74) is -3.83. The Bertz CT molecular complexity index is 398. The lowest BCUT2D eigenvalue weighted by Gasteiger charge is -2.58. The van der Waals surface area contributed by atoms with Gasteiger partial charge in [-0.3, -0.25) is 0 Å². The molecule has 0 aromatic rings. The molecule has 1 unspecified atom stereocenters. The first kappa shape index (κ1) is 14.9. The van der Waals surface area contributed by atoms with Crippen LogP contribution in [0.2, 0.25) is 0 Å². The first-order valence-corrected chi connectivity index (χ1v) is 5.81. The van der Waals surface area contributed by atoms with Gasteiger partial charge in [-0.25, -0.2) is 4.48 Å². The number of carbonyl (C=O) groups excluding carboxylic acids is 2. The van der Waals surface area contributed by atoms with Gasteiger partial charge in [0, 0.05) is 13.8 Å². The quantitative estimate of drug-likeness (QED) is 0.575. The Morgan fingerprint density at radius 3 is 1.83 bits per heavy atom. The number of nitrogens with zero attached hydrogens (tertiary/aromatic N) is 1. The fourth-order valence-corrected chi connectivity index (χ4v) is 3.54. The molecule has 0 N–H and O–H groups in total. The van der Waals surface area contributed by atoms with Gasteiger partial charge in [-0.15, -0.1) is 0 Å². The van der Waals surface area contributed by atoms with E-state index in [1.165, 1.54) is 6.92 Å². The lowest BCUT2D eigenvalue weighted by molar-refractivity contribution is -0.993. The largest absolute Gasteiger partial charge is 0.544 e. The summed E-state index contributed by atoms with van der Waals surface area (Å²) in [5.74, 6) is -1.45. The standard InChI is InChI=1S/C12H21NO5/c1-10(2,3)13(9(16)17)11(4,5)18-7-12(13,6)8(14)15/h7H2,1-6H3,(H-,14,15,16,17)/p-1/t12?,13-/m0/s1. The molecule has 2 atom stereocenters. The molecule has 1 aliphatic heterocycles. The van der Waals surface area contributed by atoms with E-state index >= 15 is 0 Å². The van der Waals surface area contributed by atoms with Crippen LogP contribution in [0, 0.1) is 0 Å². The van der Waals surface area contributed by atoms with Crippen molar-refractivity contribution < 1.29 is 29.0 Å². The van der Waals surface area contributed by atoms with Gasteiger partial charge in [-0.05, 0) is 27.7 Å². The number of carboxylic acid groups (broad SMARTS) is 2. The van der Waals surface area contributed by atoms with E-state index in [-0.39, 0.29) is 6.61 Å². The van der Waals surface area contributed by atoms with E-state index in [0.29, 0.717) is 0 Å². The number of ether oxygens (including phenoxy) is 1. The normalized spacial score (nSPS) is 35.4. The molecule has 1 rings (SSSR count). The van der Waals surface area contributed by atoms with Crippen molar-refractivity contribution >= 4 is 12.1 Å². The van der Waals surface area contributed by atoms with Gasteiger partial charge in [0.2, 0.25) is 5.72 Å². The van der Waals surface area contributed by atoms with E-state index in [9.17, 15) is 19.8 Å². The second-order valence-corrected chi connectivity index (χ2v) is 6.40. The molecule has 0 aromatic heterocycles. The Hall–Kier alpha value is -1.14. The molecule has 18 heavy (non-hydrogen) atoms. The molecule has 1 saturated heterocycles. The maximum atomic E-state index is 11.8. The number of rotatable bonds is 1. The highest BCUT2D eigenvalue weighted by Gasteiger charge is 2.70. The van der Waals surface area contributed by atoms with Gasteiger partial charge in [0.25, 0.3) is 6.09 Å². The first-order valence-electron chi connectivity index (χ1n) is 5.81. The Labute approximate surface area is 107 Å². The molecule has 0 radical (unpaired) electrons. The van der Waals surface area contributed by atoms with E-state index in [1.54, 1.807) is 34.6 Å². The van der Waals surface area contributed by atoms with Crippen LogP contribution in [0.4, 0.5) is 4.79 Å². The maximum Gasteiger partial charge on any atom is 0.261 e. The maximum absolute atomic E-state index is 11.8. The number of aliphatic carboxylic acids is 1. The number of hydrogen-bond acceptors (Lipinski definition) is 5. The zero-order valence-electron chi connectivity index (χ0n) is 11.7. The van der Waals surface area contributed by atoms with Crippen LogP contribution >= 0.6 is 0 Å². The van der Waals surface area contributed by atoms with Gasteiger partial charge in [0.1, 0.15) is 12.6 Å². The molecule has 0 saturated carbocycles. The van der Waals surface area contributed by atoms with E-state index in [4.69, 9.17) is 4.74 Å². The summed E-state index contributed by atoms with van der Waals surface area (Å²) in [4.78, 5) is 23.3. The first-order chi connectivity index (χ1) is 7.84. The predicted octanol–water partition coefficient (Wildman–Crippen LogP) is -0.780. The summed E-state index contributed by atoms with van der Waals surface area (Å²) >= 11 is 0. The molecule has 104 valence electrons. The Morgan fingerprint density at radius 1 is 1.17 bits per heavy atom. The summed E-state index contributed by atoms with van der Waals surface area (Å²) in [7, 11) is 0. The Balaban J connectivity index is 3.70. The molecule has 1 aliphatic rings. The summed E-state index contributed by atoms with van der Waals surface area (Å²) in [5, 5.41) is 23.3. The molecule has 1 heterocycles. The average molecular weight is 258 g/mol.